The third kappa shape index (κ3) is 2.42. The number of rotatable bonds is 3. The Morgan fingerprint density at radius 3 is 2.47 bits per heavy atom. The molecule has 0 spiro atoms. The van der Waals surface area contributed by atoms with E-state index in [4.69, 9.17) is 5.14 Å². The standard InChI is InChI=1S/C10H14N6O2S/c1-6-4-5-7(16(2)3)8(9(6)19(11,17)18)10-12-14-15-13-10/h4-5H,1-3H3,(H2,11,17,18)(H,12,13,14,15). The zero-order chi connectivity index (χ0) is 14.2. The van der Waals surface area contributed by atoms with Crippen LogP contribution in [0.2, 0.25) is 0 Å². The number of hydrogen-bond donors (Lipinski definition) is 2. The largest absolute Gasteiger partial charge is 0.377 e. The lowest BCUT2D eigenvalue weighted by Gasteiger charge is -2.19. The number of sulfonamides is 1. The number of anilines is 1. The van der Waals surface area contributed by atoms with Gasteiger partial charge in [-0.2, -0.15) is 0 Å². The van der Waals surface area contributed by atoms with Gasteiger partial charge in [-0.3, -0.25) is 0 Å². The summed E-state index contributed by atoms with van der Waals surface area (Å²) in [5.74, 6) is 0.261. The van der Waals surface area contributed by atoms with Gasteiger partial charge in [0.05, 0.1) is 10.5 Å². The fraction of sp³-hybridized carbons (Fsp3) is 0.300. The summed E-state index contributed by atoms with van der Waals surface area (Å²) in [5, 5.41) is 18.6. The second kappa shape index (κ2) is 4.59. The zero-order valence-electron chi connectivity index (χ0n) is 10.7. The highest BCUT2D eigenvalue weighted by atomic mass is 32.2. The van der Waals surface area contributed by atoms with Crippen molar-refractivity contribution in [1.82, 2.24) is 20.6 Å². The van der Waals surface area contributed by atoms with E-state index < -0.39 is 10.0 Å². The Labute approximate surface area is 110 Å². The quantitative estimate of drug-likeness (QED) is 0.810. The first kappa shape index (κ1) is 13.4. The van der Waals surface area contributed by atoms with Crippen LogP contribution in [-0.4, -0.2) is 43.1 Å². The van der Waals surface area contributed by atoms with Crippen LogP contribution in [0, 0.1) is 6.92 Å². The number of primary sulfonamides is 1. The number of aromatic amines is 1. The number of nitrogens with two attached hydrogens (primary N) is 1. The molecule has 0 bridgehead atoms. The first-order valence-electron chi connectivity index (χ1n) is 5.40. The highest BCUT2D eigenvalue weighted by molar-refractivity contribution is 7.89. The Balaban J connectivity index is 2.90. The molecule has 0 saturated heterocycles. The highest BCUT2D eigenvalue weighted by Crippen LogP contribution is 2.35. The molecule has 8 nitrogen and oxygen atoms in total. The smallest absolute Gasteiger partial charge is 0.239 e. The van der Waals surface area contributed by atoms with E-state index in [-0.39, 0.29) is 10.7 Å². The lowest BCUT2D eigenvalue weighted by molar-refractivity contribution is 0.597. The van der Waals surface area contributed by atoms with Crippen LogP contribution in [0.3, 0.4) is 0 Å². The molecule has 1 heterocycles. The average molecular weight is 282 g/mol. The molecule has 102 valence electrons. The van der Waals surface area contributed by atoms with Gasteiger partial charge in [-0.15, -0.1) is 5.10 Å². The van der Waals surface area contributed by atoms with Gasteiger partial charge in [0.2, 0.25) is 10.0 Å². The first-order valence-corrected chi connectivity index (χ1v) is 6.95. The fourth-order valence-electron chi connectivity index (χ4n) is 1.91. The van der Waals surface area contributed by atoms with Gasteiger partial charge in [0.15, 0.2) is 5.82 Å². The number of tetrazole rings is 1. The summed E-state index contributed by atoms with van der Waals surface area (Å²) in [4.78, 5) is 1.80. The Kier molecular flexibility index (Phi) is 3.25. The Morgan fingerprint density at radius 1 is 1.32 bits per heavy atom. The number of H-pyrrole nitrogens is 1. The Hall–Kier alpha value is -2.00. The maximum absolute atomic E-state index is 11.8. The summed E-state index contributed by atoms with van der Waals surface area (Å²) in [5.41, 5.74) is 1.57. The maximum atomic E-state index is 11.8. The number of nitrogens with one attached hydrogen (secondary N) is 1. The molecule has 1 aromatic carbocycles. The monoisotopic (exact) mass is 282 g/mol. The van der Waals surface area contributed by atoms with Gasteiger partial charge in [0, 0.05) is 19.8 Å². The maximum Gasteiger partial charge on any atom is 0.239 e. The van der Waals surface area contributed by atoms with E-state index in [1.54, 1.807) is 38.1 Å². The van der Waals surface area contributed by atoms with Crippen molar-refractivity contribution in [2.75, 3.05) is 19.0 Å². The van der Waals surface area contributed by atoms with Gasteiger partial charge in [-0.25, -0.2) is 18.7 Å². The summed E-state index contributed by atoms with van der Waals surface area (Å²) in [7, 11) is -0.295. The van der Waals surface area contributed by atoms with Crippen molar-refractivity contribution in [3.63, 3.8) is 0 Å². The molecule has 0 aliphatic rings. The van der Waals surface area contributed by atoms with Gasteiger partial charge in [-0.1, -0.05) is 6.07 Å². The van der Waals surface area contributed by atoms with E-state index in [1.165, 1.54) is 0 Å². The summed E-state index contributed by atoms with van der Waals surface area (Å²) in [6.07, 6.45) is 0. The lowest BCUT2D eigenvalue weighted by Crippen LogP contribution is -2.18. The molecule has 0 atom stereocenters. The Bertz CT molecular complexity index is 693. The third-order valence-electron chi connectivity index (χ3n) is 2.68. The molecule has 0 aliphatic carbocycles. The summed E-state index contributed by atoms with van der Waals surface area (Å²) in [6, 6.07) is 3.49. The van der Waals surface area contributed by atoms with E-state index >= 15 is 0 Å². The van der Waals surface area contributed by atoms with Gasteiger partial charge in [-0.05, 0) is 29.0 Å². The summed E-state index contributed by atoms with van der Waals surface area (Å²) >= 11 is 0. The predicted octanol–water partition coefficient (Wildman–Crippen LogP) is -0.111. The van der Waals surface area contributed by atoms with Crippen LogP contribution in [0.5, 0.6) is 0 Å². The van der Waals surface area contributed by atoms with E-state index in [0.717, 1.165) is 0 Å². The minimum absolute atomic E-state index is 0.0252. The summed E-state index contributed by atoms with van der Waals surface area (Å²) < 4.78 is 23.6. The van der Waals surface area contributed by atoms with E-state index in [2.05, 4.69) is 20.6 Å². The third-order valence-corrected chi connectivity index (χ3v) is 3.78. The molecule has 9 heteroatoms. The average Bonchev–Trinajstić information content (AvgIpc) is 2.79. The molecular weight excluding hydrogens is 268 g/mol. The van der Waals surface area contributed by atoms with E-state index in [9.17, 15) is 8.42 Å². The SMILES string of the molecule is Cc1ccc(N(C)C)c(-c2nnn[nH]2)c1S(N)(=O)=O. The zero-order valence-corrected chi connectivity index (χ0v) is 11.6. The fourth-order valence-corrected chi connectivity index (χ4v) is 2.91. The van der Waals surface area contributed by atoms with Crippen LogP contribution in [0.1, 0.15) is 5.56 Å². The molecule has 0 amide bonds. The number of nitrogens with zero attached hydrogens (tertiary/aromatic N) is 4. The lowest BCUT2D eigenvalue weighted by atomic mass is 10.1. The van der Waals surface area contributed by atoms with Crippen LogP contribution in [0.25, 0.3) is 11.4 Å². The van der Waals surface area contributed by atoms with Crippen molar-refractivity contribution in [3.8, 4) is 11.4 Å². The van der Waals surface area contributed by atoms with Gasteiger partial charge in [0.1, 0.15) is 0 Å². The molecule has 0 radical (unpaired) electrons. The normalized spacial score (nSPS) is 11.6. The second-order valence-corrected chi connectivity index (χ2v) is 5.79. The molecule has 0 unspecified atom stereocenters. The number of aryl methyl sites for hydroxylation is 1. The number of hydrogen-bond acceptors (Lipinski definition) is 6. The van der Waals surface area contributed by atoms with E-state index in [0.29, 0.717) is 16.8 Å². The van der Waals surface area contributed by atoms with Crippen LogP contribution in [0.15, 0.2) is 17.0 Å². The van der Waals surface area contributed by atoms with Crippen molar-refractivity contribution in [1.29, 1.82) is 0 Å². The minimum Gasteiger partial charge on any atom is -0.377 e. The van der Waals surface area contributed by atoms with Crippen LogP contribution in [-0.2, 0) is 10.0 Å². The second-order valence-electron chi connectivity index (χ2n) is 4.29. The van der Waals surface area contributed by atoms with Crippen molar-refractivity contribution in [2.45, 2.75) is 11.8 Å². The molecule has 0 fully saturated rings. The molecule has 19 heavy (non-hydrogen) atoms. The van der Waals surface area contributed by atoms with Gasteiger partial charge < -0.3 is 4.90 Å². The van der Waals surface area contributed by atoms with Crippen LogP contribution >= 0.6 is 0 Å². The van der Waals surface area contributed by atoms with Crippen molar-refractivity contribution in [2.24, 2.45) is 5.14 Å². The predicted molar refractivity (Wildman–Crippen MR) is 70.1 cm³/mol. The topological polar surface area (TPSA) is 118 Å². The summed E-state index contributed by atoms with van der Waals surface area (Å²) in [6.45, 7) is 1.67. The molecule has 3 N–H and O–H groups in total. The van der Waals surface area contributed by atoms with Gasteiger partial charge in [0.25, 0.3) is 0 Å². The van der Waals surface area contributed by atoms with E-state index in [1.807, 2.05) is 0 Å². The molecule has 2 aromatic rings. The molecule has 0 aliphatic heterocycles. The number of benzene rings is 1. The van der Waals surface area contributed by atoms with Crippen molar-refractivity contribution < 1.29 is 8.42 Å². The van der Waals surface area contributed by atoms with Crippen LogP contribution in [0.4, 0.5) is 5.69 Å². The Morgan fingerprint density at radius 2 is 2.00 bits per heavy atom. The highest BCUT2D eigenvalue weighted by Gasteiger charge is 2.24. The van der Waals surface area contributed by atoms with Crippen molar-refractivity contribution in [3.05, 3.63) is 17.7 Å². The molecule has 0 saturated carbocycles. The first-order chi connectivity index (χ1) is 8.82. The molecule has 2 rings (SSSR count). The molecular formula is C10H14N6O2S. The minimum atomic E-state index is -3.89. The van der Waals surface area contributed by atoms with Crippen molar-refractivity contribution >= 4 is 15.7 Å². The molecule has 1 aromatic heterocycles. The van der Waals surface area contributed by atoms with Gasteiger partial charge >= 0.3 is 0 Å². The van der Waals surface area contributed by atoms with Crippen LogP contribution < -0.4 is 10.0 Å². The number of aromatic nitrogens is 4.